The Hall–Kier alpha value is -3.07. The molecule has 0 N–H and O–H groups in total. The van der Waals surface area contributed by atoms with Crippen molar-refractivity contribution in [2.45, 2.75) is 4.90 Å². The second-order valence-electron chi connectivity index (χ2n) is 5.06. The van der Waals surface area contributed by atoms with Gasteiger partial charge in [0, 0.05) is 11.8 Å². The maximum absolute atomic E-state index is 12.3. The van der Waals surface area contributed by atoms with Gasteiger partial charge in [-0.3, -0.25) is 14.9 Å². The Morgan fingerprint density at radius 3 is 2.24 bits per heavy atom. The van der Waals surface area contributed by atoms with Crippen molar-refractivity contribution in [1.82, 2.24) is 0 Å². The molecule has 0 atom stereocenters. The third-order valence-corrected chi connectivity index (χ3v) is 4.61. The van der Waals surface area contributed by atoms with Gasteiger partial charge in [0.15, 0.2) is 14.7 Å². The molecule has 0 aliphatic rings. The average molecular weight is 362 g/mol. The topological polar surface area (TPSA) is 116 Å². The molecule has 0 heterocycles. The first-order chi connectivity index (χ1) is 11.7. The fraction of sp³-hybridized carbons (Fsp3) is 0.125. The van der Waals surface area contributed by atoms with E-state index >= 15 is 0 Å². The molecule has 2 aromatic carbocycles. The fourth-order valence-electron chi connectivity index (χ4n) is 2.38. The van der Waals surface area contributed by atoms with Crippen molar-refractivity contribution < 1.29 is 22.9 Å². The van der Waals surface area contributed by atoms with Crippen LogP contribution in [0.3, 0.4) is 0 Å². The Bertz CT molecular complexity index is 965. The van der Waals surface area contributed by atoms with E-state index in [9.17, 15) is 23.3 Å². The number of methoxy groups -OCH3 is 1. The maximum atomic E-state index is 12.3. The van der Waals surface area contributed by atoms with Gasteiger partial charge < -0.3 is 4.74 Å². The quantitative estimate of drug-likeness (QED) is 0.458. The first-order valence-electron chi connectivity index (χ1n) is 6.87. The smallest absolute Gasteiger partial charge is 0.301 e. The SMILES string of the molecule is C=NC(=O)c1ccc(-c2ccc(OC)cc2)c(S(C)(=O)=O)c1[N+](=O)[O-]. The second-order valence-corrected chi connectivity index (χ2v) is 7.01. The van der Waals surface area contributed by atoms with Crippen LogP contribution in [-0.4, -0.2) is 39.3 Å². The van der Waals surface area contributed by atoms with Gasteiger partial charge in [0.1, 0.15) is 11.3 Å². The van der Waals surface area contributed by atoms with Crippen LogP contribution in [-0.2, 0) is 9.84 Å². The van der Waals surface area contributed by atoms with Gasteiger partial charge in [0.25, 0.3) is 5.91 Å². The van der Waals surface area contributed by atoms with Gasteiger partial charge in [0.2, 0.25) is 0 Å². The summed E-state index contributed by atoms with van der Waals surface area (Å²) in [4.78, 5) is 25.0. The highest BCUT2D eigenvalue weighted by atomic mass is 32.2. The van der Waals surface area contributed by atoms with Crippen molar-refractivity contribution in [1.29, 1.82) is 0 Å². The minimum atomic E-state index is -4.02. The van der Waals surface area contributed by atoms with Crippen LogP contribution in [0.25, 0.3) is 11.1 Å². The number of hydrogen-bond donors (Lipinski definition) is 0. The zero-order valence-electron chi connectivity index (χ0n) is 13.4. The van der Waals surface area contributed by atoms with E-state index in [0.29, 0.717) is 11.3 Å². The van der Waals surface area contributed by atoms with E-state index in [1.807, 2.05) is 0 Å². The number of ether oxygens (including phenoxy) is 1. The van der Waals surface area contributed by atoms with Crippen molar-refractivity contribution in [2.75, 3.05) is 13.4 Å². The number of rotatable bonds is 5. The molecule has 0 unspecified atom stereocenters. The van der Waals surface area contributed by atoms with Gasteiger partial charge in [0.05, 0.1) is 12.0 Å². The molecule has 1 amide bonds. The molecule has 0 saturated carbocycles. The van der Waals surface area contributed by atoms with Gasteiger partial charge in [-0.15, -0.1) is 0 Å². The van der Waals surface area contributed by atoms with E-state index < -0.39 is 36.8 Å². The van der Waals surface area contributed by atoms with Crippen molar-refractivity contribution >= 4 is 28.1 Å². The molecule has 9 heteroatoms. The largest absolute Gasteiger partial charge is 0.497 e. The zero-order chi connectivity index (χ0) is 18.8. The molecule has 2 aromatic rings. The summed E-state index contributed by atoms with van der Waals surface area (Å²) in [5, 5.41) is 11.5. The van der Waals surface area contributed by atoms with Gasteiger partial charge in [-0.05, 0) is 30.5 Å². The molecule has 0 spiro atoms. The summed E-state index contributed by atoms with van der Waals surface area (Å²) in [5.41, 5.74) is -0.710. The highest BCUT2D eigenvalue weighted by molar-refractivity contribution is 7.91. The van der Waals surface area contributed by atoms with Crippen LogP contribution in [0.2, 0.25) is 0 Å². The predicted octanol–water partition coefficient (Wildman–Crippen LogP) is 2.51. The number of carbonyl (C=O) groups is 1. The Labute approximate surface area is 143 Å². The highest BCUT2D eigenvalue weighted by Gasteiger charge is 2.32. The van der Waals surface area contributed by atoms with Crippen LogP contribution >= 0.6 is 0 Å². The lowest BCUT2D eigenvalue weighted by molar-refractivity contribution is -0.388. The zero-order valence-corrected chi connectivity index (χ0v) is 14.2. The summed E-state index contributed by atoms with van der Waals surface area (Å²) in [7, 11) is -2.55. The lowest BCUT2D eigenvalue weighted by Crippen LogP contribution is -2.10. The van der Waals surface area contributed by atoms with Crippen LogP contribution < -0.4 is 4.74 Å². The van der Waals surface area contributed by atoms with Gasteiger partial charge >= 0.3 is 5.69 Å². The molecule has 130 valence electrons. The van der Waals surface area contributed by atoms with Crippen molar-refractivity contribution in [3.05, 3.63) is 52.1 Å². The van der Waals surface area contributed by atoms with E-state index in [0.717, 1.165) is 6.26 Å². The lowest BCUT2D eigenvalue weighted by atomic mass is 10.0. The summed E-state index contributed by atoms with van der Waals surface area (Å²) in [5.74, 6) is -0.431. The molecule has 0 fully saturated rings. The van der Waals surface area contributed by atoms with Crippen LogP contribution in [0.5, 0.6) is 5.75 Å². The number of nitro benzene ring substituents is 1. The van der Waals surface area contributed by atoms with Gasteiger partial charge in [-0.1, -0.05) is 18.2 Å². The Balaban J connectivity index is 2.89. The molecule has 25 heavy (non-hydrogen) atoms. The molecule has 0 saturated heterocycles. The minimum absolute atomic E-state index is 0.109. The first-order valence-corrected chi connectivity index (χ1v) is 8.76. The highest BCUT2D eigenvalue weighted by Crippen LogP contribution is 2.38. The number of benzene rings is 2. The molecule has 0 radical (unpaired) electrons. The van der Waals surface area contributed by atoms with E-state index in [4.69, 9.17) is 4.74 Å². The molecular formula is C16H14N2O6S. The molecule has 0 aliphatic heterocycles. The Kier molecular flexibility index (Phi) is 4.98. The first kappa shape index (κ1) is 18.3. The number of nitro groups is 1. The summed E-state index contributed by atoms with van der Waals surface area (Å²) < 4.78 is 29.5. The Morgan fingerprint density at radius 2 is 1.80 bits per heavy atom. The lowest BCUT2D eigenvalue weighted by Gasteiger charge is -2.11. The summed E-state index contributed by atoms with van der Waals surface area (Å²) in [6.07, 6.45) is 0.845. The third-order valence-electron chi connectivity index (χ3n) is 3.46. The van der Waals surface area contributed by atoms with Crippen LogP contribution in [0, 0.1) is 10.1 Å². The van der Waals surface area contributed by atoms with E-state index in [2.05, 4.69) is 11.7 Å². The molecule has 0 bridgehead atoms. The van der Waals surface area contributed by atoms with Crippen LogP contribution in [0.15, 0.2) is 46.3 Å². The fourth-order valence-corrected chi connectivity index (χ4v) is 3.50. The van der Waals surface area contributed by atoms with Crippen molar-refractivity contribution in [3.63, 3.8) is 0 Å². The van der Waals surface area contributed by atoms with Gasteiger partial charge in [-0.2, -0.15) is 0 Å². The minimum Gasteiger partial charge on any atom is -0.497 e. The summed E-state index contributed by atoms with van der Waals surface area (Å²) in [6, 6.07) is 8.84. The molecule has 2 rings (SSSR count). The summed E-state index contributed by atoms with van der Waals surface area (Å²) in [6.45, 7) is 3.04. The molecular weight excluding hydrogens is 348 g/mol. The number of aliphatic imine (C=N–C) groups is 1. The number of sulfone groups is 1. The third kappa shape index (κ3) is 3.56. The van der Waals surface area contributed by atoms with Crippen LogP contribution in [0.4, 0.5) is 5.69 Å². The number of hydrogen-bond acceptors (Lipinski definition) is 6. The van der Waals surface area contributed by atoms with E-state index in [1.165, 1.54) is 19.2 Å². The normalized spacial score (nSPS) is 11.0. The van der Waals surface area contributed by atoms with Crippen molar-refractivity contribution in [3.8, 4) is 16.9 Å². The molecule has 0 aromatic heterocycles. The predicted molar refractivity (Wildman–Crippen MR) is 92.1 cm³/mol. The van der Waals surface area contributed by atoms with E-state index in [1.54, 1.807) is 24.3 Å². The standard InChI is InChI=1S/C16H14N2O6S/c1-17-16(19)13-9-8-12(10-4-6-11(24-2)7-5-10)15(25(3,22)23)14(13)18(20)21/h4-9H,1H2,2-3H3. The number of nitrogens with zero attached hydrogens (tertiary/aromatic N) is 2. The van der Waals surface area contributed by atoms with Gasteiger partial charge in [-0.25, -0.2) is 13.4 Å². The number of carbonyl (C=O) groups excluding carboxylic acids is 1. The Morgan fingerprint density at radius 1 is 1.20 bits per heavy atom. The maximum Gasteiger partial charge on any atom is 0.301 e. The van der Waals surface area contributed by atoms with Crippen LogP contribution in [0.1, 0.15) is 10.4 Å². The van der Waals surface area contributed by atoms with E-state index in [-0.39, 0.29) is 5.56 Å². The average Bonchev–Trinajstić information content (AvgIpc) is 2.59. The second kappa shape index (κ2) is 6.81. The number of amides is 1. The molecule has 8 nitrogen and oxygen atoms in total. The summed E-state index contributed by atoms with van der Waals surface area (Å²) >= 11 is 0. The monoisotopic (exact) mass is 362 g/mol. The van der Waals surface area contributed by atoms with Crippen molar-refractivity contribution in [2.24, 2.45) is 4.99 Å². The molecule has 0 aliphatic carbocycles.